The Kier molecular flexibility index (Phi) is 2.41. The van der Waals surface area contributed by atoms with E-state index in [1.54, 1.807) is 12.2 Å². The fraction of sp³-hybridized carbons (Fsp3) is 0.364. The molecule has 0 aromatic heterocycles. The lowest BCUT2D eigenvalue weighted by molar-refractivity contribution is 0.131. The highest BCUT2D eigenvalue weighted by atomic mass is 16.5. The van der Waals surface area contributed by atoms with Crippen LogP contribution in [0.15, 0.2) is 41.6 Å². The van der Waals surface area contributed by atoms with E-state index in [9.17, 15) is 0 Å². The summed E-state index contributed by atoms with van der Waals surface area (Å²) in [5.74, 6) is 0.672. The molecule has 0 aromatic rings. The molecule has 2 heteroatoms. The number of rotatable bonds is 2. The molecule has 0 bridgehead atoms. The third kappa shape index (κ3) is 1.72. The summed E-state index contributed by atoms with van der Waals surface area (Å²) >= 11 is 0. The molecule has 0 spiro atoms. The first kappa shape index (κ1) is 9.78. The molecule has 13 heavy (non-hydrogen) atoms. The monoisotopic (exact) mass is 177 g/mol. The van der Waals surface area contributed by atoms with Crippen LogP contribution in [0.3, 0.4) is 0 Å². The second-order valence-corrected chi connectivity index (χ2v) is 3.45. The molecule has 0 radical (unpaired) electrons. The molecular formula is C11H15NO. The van der Waals surface area contributed by atoms with Gasteiger partial charge in [0.15, 0.2) is 5.90 Å². The lowest BCUT2D eigenvalue weighted by Crippen LogP contribution is -2.32. The first-order valence-corrected chi connectivity index (χ1v) is 4.25. The zero-order chi connectivity index (χ0) is 10.1. The van der Waals surface area contributed by atoms with Crippen molar-refractivity contribution in [2.45, 2.75) is 26.4 Å². The maximum Gasteiger partial charge on any atom is 0.186 e. The minimum absolute atomic E-state index is 0.350. The van der Waals surface area contributed by atoms with Crippen LogP contribution >= 0.6 is 0 Å². The van der Waals surface area contributed by atoms with Crippen LogP contribution in [0.5, 0.6) is 0 Å². The van der Waals surface area contributed by atoms with Gasteiger partial charge in [-0.05, 0) is 19.9 Å². The van der Waals surface area contributed by atoms with Crippen molar-refractivity contribution in [1.82, 2.24) is 0 Å². The van der Waals surface area contributed by atoms with E-state index in [4.69, 9.17) is 4.74 Å². The van der Waals surface area contributed by atoms with Crippen LogP contribution in [0.2, 0.25) is 0 Å². The maximum atomic E-state index is 5.58. The van der Waals surface area contributed by atoms with Gasteiger partial charge in [0.2, 0.25) is 0 Å². The number of allylic oxidation sites excluding steroid dienone is 1. The molecule has 0 saturated carbocycles. The molecule has 1 aliphatic heterocycles. The molecule has 0 atom stereocenters. The Hall–Kier alpha value is -1.31. The van der Waals surface area contributed by atoms with Gasteiger partial charge in [-0.1, -0.05) is 19.2 Å². The van der Waals surface area contributed by atoms with Gasteiger partial charge < -0.3 is 4.74 Å². The van der Waals surface area contributed by atoms with E-state index in [0.29, 0.717) is 5.90 Å². The largest absolute Gasteiger partial charge is 0.470 e. The van der Waals surface area contributed by atoms with Gasteiger partial charge in [0.05, 0.1) is 5.70 Å². The SMILES string of the molecule is C=CC1=C(C=C)C(C)(C)OC(C)=N1. The normalized spacial score (nSPS) is 20.4. The molecule has 2 nitrogen and oxygen atoms in total. The third-order valence-corrected chi connectivity index (χ3v) is 2.00. The van der Waals surface area contributed by atoms with Gasteiger partial charge in [0.1, 0.15) is 5.60 Å². The Bertz CT molecular complexity index is 308. The summed E-state index contributed by atoms with van der Waals surface area (Å²) in [6.07, 6.45) is 3.50. The van der Waals surface area contributed by atoms with Crippen LogP contribution in [-0.2, 0) is 4.74 Å². The smallest absolute Gasteiger partial charge is 0.186 e. The summed E-state index contributed by atoms with van der Waals surface area (Å²) < 4.78 is 5.58. The van der Waals surface area contributed by atoms with Crippen molar-refractivity contribution in [3.63, 3.8) is 0 Å². The molecule has 0 fully saturated rings. The predicted octanol–water partition coefficient (Wildman–Crippen LogP) is 2.84. The first-order chi connectivity index (χ1) is 6.01. The Labute approximate surface area is 79.3 Å². The quantitative estimate of drug-likeness (QED) is 0.635. The number of hydrogen-bond acceptors (Lipinski definition) is 2. The fourth-order valence-electron chi connectivity index (χ4n) is 1.49. The molecule has 1 rings (SSSR count). The van der Waals surface area contributed by atoms with Gasteiger partial charge >= 0.3 is 0 Å². The Morgan fingerprint density at radius 1 is 1.31 bits per heavy atom. The van der Waals surface area contributed by atoms with Crippen molar-refractivity contribution in [2.24, 2.45) is 4.99 Å². The zero-order valence-electron chi connectivity index (χ0n) is 8.42. The fourth-order valence-corrected chi connectivity index (χ4v) is 1.49. The summed E-state index contributed by atoms with van der Waals surface area (Å²) in [7, 11) is 0. The molecule has 0 saturated heterocycles. The van der Waals surface area contributed by atoms with Crippen LogP contribution in [-0.4, -0.2) is 11.5 Å². The van der Waals surface area contributed by atoms with Gasteiger partial charge in [-0.25, -0.2) is 4.99 Å². The van der Waals surface area contributed by atoms with E-state index in [2.05, 4.69) is 18.2 Å². The predicted molar refractivity (Wildman–Crippen MR) is 55.7 cm³/mol. The van der Waals surface area contributed by atoms with Crippen molar-refractivity contribution < 1.29 is 4.74 Å². The van der Waals surface area contributed by atoms with Crippen LogP contribution in [0.1, 0.15) is 20.8 Å². The average Bonchev–Trinajstić information content (AvgIpc) is 2.01. The second kappa shape index (κ2) is 3.21. The summed E-state index contributed by atoms with van der Waals surface area (Å²) in [4.78, 5) is 4.23. The number of ether oxygens (including phenoxy) is 1. The van der Waals surface area contributed by atoms with E-state index in [-0.39, 0.29) is 5.60 Å². The van der Waals surface area contributed by atoms with Gasteiger partial charge in [-0.2, -0.15) is 0 Å². The second-order valence-electron chi connectivity index (χ2n) is 3.45. The number of aliphatic imine (C=N–C) groups is 1. The molecule has 1 aliphatic rings. The molecular weight excluding hydrogens is 162 g/mol. The van der Waals surface area contributed by atoms with Crippen LogP contribution in [0.25, 0.3) is 0 Å². The third-order valence-electron chi connectivity index (χ3n) is 2.00. The van der Waals surface area contributed by atoms with E-state index < -0.39 is 0 Å². The molecule has 0 N–H and O–H groups in total. The standard InChI is InChI=1S/C11H15NO/c1-6-9-10(7-2)12-8(3)13-11(9,4)5/h6-7H,1-2H2,3-5H3. The van der Waals surface area contributed by atoms with Gasteiger partial charge in [0.25, 0.3) is 0 Å². The minimum atomic E-state index is -0.350. The minimum Gasteiger partial charge on any atom is -0.470 e. The highest BCUT2D eigenvalue weighted by Crippen LogP contribution is 2.30. The summed E-state index contributed by atoms with van der Waals surface area (Å²) in [5, 5.41) is 0. The molecule has 0 aliphatic carbocycles. The topological polar surface area (TPSA) is 21.6 Å². The van der Waals surface area contributed by atoms with E-state index >= 15 is 0 Å². The lowest BCUT2D eigenvalue weighted by atomic mass is 9.94. The highest BCUT2D eigenvalue weighted by molar-refractivity contribution is 5.77. The Morgan fingerprint density at radius 3 is 2.38 bits per heavy atom. The van der Waals surface area contributed by atoms with Crippen molar-refractivity contribution in [1.29, 1.82) is 0 Å². The van der Waals surface area contributed by atoms with E-state index in [0.717, 1.165) is 11.3 Å². The Morgan fingerprint density at radius 2 is 1.92 bits per heavy atom. The highest BCUT2D eigenvalue weighted by Gasteiger charge is 2.29. The van der Waals surface area contributed by atoms with E-state index in [1.165, 1.54) is 0 Å². The van der Waals surface area contributed by atoms with Crippen LogP contribution in [0, 0.1) is 0 Å². The van der Waals surface area contributed by atoms with Crippen molar-refractivity contribution in [3.8, 4) is 0 Å². The maximum absolute atomic E-state index is 5.58. The molecule has 0 unspecified atom stereocenters. The summed E-state index contributed by atoms with van der Waals surface area (Å²) in [6, 6.07) is 0. The molecule has 70 valence electrons. The summed E-state index contributed by atoms with van der Waals surface area (Å²) in [6.45, 7) is 13.3. The molecule has 0 aromatic carbocycles. The lowest BCUT2D eigenvalue weighted by Gasteiger charge is -2.31. The number of hydrogen-bond donors (Lipinski definition) is 0. The van der Waals surface area contributed by atoms with Gasteiger partial charge in [0, 0.05) is 12.5 Å². The molecule has 0 amide bonds. The average molecular weight is 177 g/mol. The van der Waals surface area contributed by atoms with Gasteiger partial charge in [-0.15, -0.1) is 0 Å². The summed E-state index contributed by atoms with van der Waals surface area (Å²) in [5.41, 5.74) is 1.48. The van der Waals surface area contributed by atoms with Crippen molar-refractivity contribution >= 4 is 5.90 Å². The van der Waals surface area contributed by atoms with Crippen LogP contribution in [0.4, 0.5) is 0 Å². The first-order valence-electron chi connectivity index (χ1n) is 4.25. The molecule has 1 heterocycles. The van der Waals surface area contributed by atoms with Gasteiger partial charge in [-0.3, -0.25) is 0 Å². The van der Waals surface area contributed by atoms with Crippen molar-refractivity contribution in [2.75, 3.05) is 0 Å². The van der Waals surface area contributed by atoms with Crippen molar-refractivity contribution in [3.05, 3.63) is 36.6 Å². The zero-order valence-corrected chi connectivity index (χ0v) is 8.42. The number of nitrogens with zero attached hydrogens (tertiary/aromatic N) is 1. The van der Waals surface area contributed by atoms with Crippen LogP contribution < -0.4 is 0 Å². The Balaban J connectivity index is 3.27. The van der Waals surface area contributed by atoms with E-state index in [1.807, 2.05) is 20.8 Å².